The van der Waals surface area contributed by atoms with Crippen molar-refractivity contribution in [3.63, 3.8) is 0 Å². The minimum Gasteiger partial charge on any atom is -0.493 e. The van der Waals surface area contributed by atoms with Crippen LogP contribution in [0.4, 0.5) is 0 Å². The quantitative estimate of drug-likeness (QED) is 0.544. The number of pyridine rings is 1. The molecule has 1 unspecified atom stereocenters. The molecule has 156 valence electrons. The van der Waals surface area contributed by atoms with Gasteiger partial charge in [-0.3, -0.25) is 9.78 Å². The summed E-state index contributed by atoms with van der Waals surface area (Å²) in [7, 11) is 3.11. The van der Waals surface area contributed by atoms with Gasteiger partial charge in [-0.25, -0.2) is 5.43 Å². The molecular weight excluding hydrogens is 392 g/mol. The number of hydrogen-bond acceptors (Lipinski definition) is 9. The van der Waals surface area contributed by atoms with Crippen LogP contribution >= 0.6 is 0 Å². The molecule has 0 saturated heterocycles. The van der Waals surface area contributed by atoms with Crippen LogP contribution in [0.15, 0.2) is 40.8 Å². The van der Waals surface area contributed by atoms with Gasteiger partial charge in [-0.1, -0.05) is 11.2 Å². The highest BCUT2D eigenvalue weighted by atomic mass is 16.7. The Kier molecular flexibility index (Phi) is 5.64. The average molecular weight is 412 g/mol. The monoisotopic (exact) mass is 412 g/mol. The van der Waals surface area contributed by atoms with Crippen molar-refractivity contribution in [2.45, 2.75) is 18.9 Å². The van der Waals surface area contributed by atoms with E-state index >= 15 is 0 Å². The SMILES string of the molecule is COc1cc(CC2CC(C(=O)N/N=C/c3cccnc3)=NO2)c(OC)c2c1OCO2. The van der Waals surface area contributed by atoms with Gasteiger partial charge in [-0.05, 0) is 12.1 Å². The third-order valence-corrected chi connectivity index (χ3v) is 4.57. The zero-order chi connectivity index (χ0) is 20.9. The number of nitrogens with zero attached hydrogens (tertiary/aromatic N) is 3. The molecule has 1 aromatic heterocycles. The molecule has 0 bridgehead atoms. The zero-order valence-corrected chi connectivity index (χ0v) is 16.5. The highest BCUT2D eigenvalue weighted by Gasteiger charge is 2.31. The fraction of sp³-hybridized carbons (Fsp3) is 0.300. The number of hydrogen-bond donors (Lipinski definition) is 1. The number of carbonyl (C=O) groups excluding carboxylic acids is 1. The first-order valence-electron chi connectivity index (χ1n) is 9.19. The van der Waals surface area contributed by atoms with Gasteiger partial charge in [0.2, 0.25) is 18.3 Å². The minimum absolute atomic E-state index is 0.0957. The van der Waals surface area contributed by atoms with Gasteiger partial charge in [0, 0.05) is 36.4 Å². The molecule has 1 atom stereocenters. The predicted octanol–water partition coefficient (Wildman–Crippen LogP) is 1.67. The molecule has 30 heavy (non-hydrogen) atoms. The Morgan fingerprint density at radius 1 is 1.33 bits per heavy atom. The highest BCUT2D eigenvalue weighted by Crippen LogP contribution is 2.49. The van der Waals surface area contributed by atoms with Gasteiger partial charge in [0.1, 0.15) is 11.8 Å². The lowest BCUT2D eigenvalue weighted by molar-refractivity contribution is -0.114. The Morgan fingerprint density at radius 3 is 2.97 bits per heavy atom. The van der Waals surface area contributed by atoms with E-state index in [1.54, 1.807) is 32.7 Å². The molecule has 10 heteroatoms. The predicted molar refractivity (Wildman–Crippen MR) is 106 cm³/mol. The maximum atomic E-state index is 12.3. The van der Waals surface area contributed by atoms with Gasteiger partial charge in [0.25, 0.3) is 5.91 Å². The van der Waals surface area contributed by atoms with Gasteiger partial charge < -0.3 is 23.8 Å². The van der Waals surface area contributed by atoms with Crippen molar-refractivity contribution in [2.24, 2.45) is 10.3 Å². The van der Waals surface area contributed by atoms with Crippen LogP contribution in [0.25, 0.3) is 0 Å². The number of oxime groups is 1. The van der Waals surface area contributed by atoms with Crippen LogP contribution in [0.2, 0.25) is 0 Å². The highest BCUT2D eigenvalue weighted by molar-refractivity contribution is 6.39. The molecule has 0 fully saturated rings. The summed E-state index contributed by atoms with van der Waals surface area (Å²) in [6.07, 6.45) is 5.22. The molecule has 2 aromatic rings. The van der Waals surface area contributed by atoms with Crippen molar-refractivity contribution in [3.05, 3.63) is 41.7 Å². The lowest BCUT2D eigenvalue weighted by Crippen LogP contribution is -2.27. The van der Waals surface area contributed by atoms with E-state index in [0.29, 0.717) is 35.8 Å². The molecule has 1 aromatic carbocycles. The molecule has 0 saturated carbocycles. The van der Waals surface area contributed by atoms with Gasteiger partial charge in [0.05, 0.1) is 20.4 Å². The second-order valence-electron chi connectivity index (χ2n) is 6.50. The first-order chi connectivity index (χ1) is 14.7. The average Bonchev–Trinajstić information content (AvgIpc) is 3.44. The fourth-order valence-corrected chi connectivity index (χ4v) is 3.19. The smallest absolute Gasteiger partial charge is 0.289 e. The maximum Gasteiger partial charge on any atom is 0.289 e. The Morgan fingerprint density at radius 2 is 2.20 bits per heavy atom. The largest absolute Gasteiger partial charge is 0.493 e. The standard InChI is InChI=1S/C20H20N4O6/c1-26-16-7-13(17(27-2)19-18(16)28-11-29-19)6-14-8-15(24-30-14)20(25)23-22-10-12-4-3-5-21-9-12/h3-5,7,9-10,14H,6,8,11H2,1-2H3,(H,23,25)/b22-10+. The van der Waals surface area contributed by atoms with Crippen molar-refractivity contribution >= 4 is 17.8 Å². The van der Waals surface area contributed by atoms with E-state index in [9.17, 15) is 4.79 Å². The zero-order valence-electron chi connectivity index (χ0n) is 16.5. The third-order valence-electron chi connectivity index (χ3n) is 4.57. The van der Waals surface area contributed by atoms with Crippen LogP contribution in [0.5, 0.6) is 23.0 Å². The Labute approximate surface area is 172 Å². The lowest BCUT2D eigenvalue weighted by atomic mass is 10.0. The number of nitrogens with one attached hydrogen (secondary N) is 1. The third kappa shape index (κ3) is 3.97. The molecule has 3 heterocycles. The summed E-state index contributed by atoms with van der Waals surface area (Å²) < 4.78 is 21.9. The molecule has 0 spiro atoms. The second-order valence-corrected chi connectivity index (χ2v) is 6.50. The van der Waals surface area contributed by atoms with Crippen LogP contribution in [0.3, 0.4) is 0 Å². The first-order valence-corrected chi connectivity index (χ1v) is 9.19. The number of fused-ring (bicyclic) bond motifs is 1. The Hall–Kier alpha value is -3.82. The van der Waals surface area contributed by atoms with Crippen LogP contribution in [-0.4, -0.2) is 49.9 Å². The fourth-order valence-electron chi connectivity index (χ4n) is 3.19. The topological polar surface area (TPSA) is 113 Å². The van der Waals surface area contributed by atoms with Crippen molar-refractivity contribution in [1.82, 2.24) is 10.4 Å². The van der Waals surface area contributed by atoms with Gasteiger partial charge in [-0.2, -0.15) is 5.10 Å². The van der Waals surface area contributed by atoms with Crippen LogP contribution in [0, 0.1) is 0 Å². The number of carbonyl (C=O) groups is 1. The number of methoxy groups -OCH3 is 2. The van der Waals surface area contributed by atoms with Crippen LogP contribution in [0.1, 0.15) is 17.5 Å². The second kappa shape index (κ2) is 8.68. The number of hydrazone groups is 1. The summed E-state index contributed by atoms with van der Waals surface area (Å²) in [6.45, 7) is 0.0957. The van der Waals surface area contributed by atoms with E-state index in [1.807, 2.05) is 12.1 Å². The van der Waals surface area contributed by atoms with E-state index in [0.717, 1.165) is 11.1 Å². The molecule has 0 radical (unpaired) electrons. The van der Waals surface area contributed by atoms with Gasteiger partial charge >= 0.3 is 0 Å². The summed E-state index contributed by atoms with van der Waals surface area (Å²) in [5, 5.41) is 7.82. The summed E-state index contributed by atoms with van der Waals surface area (Å²) in [5.41, 5.74) is 4.27. The van der Waals surface area contributed by atoms with Gasteiger partial charge in [0.15, 0.2) is 11.5 Å². The summed E-state index contributed by atoms with van der Waals surface area (Å²) >= 11 is 0. The number of ether oxygens (including phenoxy) is 4. The van der Waals surface area contributed by atoms with Crippen LogP contribution in [-0.2, 0) is 16.1 Å². The van der Waals surface area contributed by atoms with E-state index in [-0.39, 0.29) is 18.6 Å². The Balaban J connectivity index is 1.39. The molecule has 1 N–H and O–H groups in total. The van der Waals surface area contributed by atoms with E-state index in [4.69, 9.17) is 23.8 Å². The lowest BCUT2D eigenvalue weighted by Gasteiger charge is -2.15. The molecular formula is C20H20N4O6. The molecule has 1 amide bonds. The maximum absolute atomic E-state index is 12.3. The number of benzene rings is 1. The van der Waals surface area contributed by atoms with Crippen molar-refractivity contribution < 1.29 is 28.6 Å². The van der Waals surface area contributed by atoms with Gasteiger partial charge in [-0.15, -0.1) is 0 Å². The molecule has 4 rings (SSSR count). The van der Waals surface area contributed by atoms with E-state index in [2.05, 4.69) is 20.7 Å². The van der Waals surface area contributed by atoms with Crippen molar-refractivity contribution in [1.29, 1.82) is 0 Å². The van der Waals surface area contributed by atoms with Crippen LogP contribution < -0.4 is 24.4 Å². The summed E-state index contributed by atoms with van der Waals surface area (Å²) in [6, 6.07) is 5.41. The first kappa shape index (κ1) is 19.5. The molecule has 2 aliphatic rings. The number of rotatable bonds is 7. The normalized spacial score (nSPS) is 16.9. The Bertz CT molecular complexity index is 993. The van der Waals surface area contributed by atoms with E-state index < -0.39 is 5.91 Å². The number of aromatic nitrogens is 1. The summed E-state index contributed by atoms with van der Waals surface area (Å²) in [5.74, 6) is 1.67. The molecule has 10 nitrogen and oxygen atoms in total. The van der Waals surface area contributed by atoms with Crippen molar-refractivity contribution in [3.8, 4) is 23.0 Å². The minimum atomic E-state index is -0.423. The number of amides is 1. The summed E-state index contributed by atoms with van der Waals surface area (Å²) in [4.78, 5) is 21.7. The van der Waals surface area contributed by atoms with Crippen molar-refractivity contribution in [2.75, 3.05) is 21.0 Å². The molecule has 0 aliphatic carbocycles. The van der Waals surface area contributed by atoms with E-state index in [1.165, 1.54) is 6.21 Å². The molecule has 2 aliphatic heterocycles.